The molecular weight excluding hydrogens is 603 g/mol. The number of hydrogen-bond donors (Lipinski definition) is 0. The molecule has 0 spiro atoms. The van der Waals surface area contributed by atoms with E-state index in [1.165, 1.54) is 83.0 Å². The summed E-state index contributed by atoms with van der Waals surface area (Å²) in [6.07, 6.45) is 0. The molecule has 1 heterocycles. The topological polar surface area (TPSA) is 4.93 Å². The Morgan fingerprint density at radius 1 is 0.320 bits per heavy atom. The molecule has 1 aromatic heterocycles. The molecule has 1 unspecified atom stereocenters. The largest absolute Gasteiger partial charge is 0.309 e. The number of aromatic nitrogens is 1. The Morgan fingerprint density at radius 3 is 1.44 bits per heavy atom. The van der Waals surface area contributed by atoms with E-state index in [1.54, 1.807) is 0 Å². The predicted octanol–water partition coefficient (Wildman–Crippen LogP) is 12.9. The summed E-state index contributed by atoms with van der Waals surface area (Å²) in [6.45, 7) is 0. The van der Waals surface area contributed by atoms with Gasteiger partial charge in [0.2, 0.25) is 0 Å². The second-order valence-corrected chi connectivity index (χ2v) is 13.3. The lowest BCUT2D eigenvalue weighted by Crippen LogP contribution is -1.98. The van der Waals surface area contributed by atoms with Gasteiger partial charge < -0.3 is 4.57 Å². The van der Waals surface area contributed by atoms with Crippen LogP contribution in [0.3, 0.4) is 0 Å². The van der Waals surface area contributed by atoms with Crippen molar-refractivity contribution in [3.63, 3.8) is 0 Å². The van der Waals surface area contributed by atoms with Crippen LogP contribution in [0.1, 0.15) is 22.6 Å². The summed E-state index contributed by atoms with van der Waals surface area (Å²) in [5.74, 6) is 0.251. The van der Waals surface area contributed by atoms with Crippen molar-refractivity contribution in [2.75, 3.05) is 0 Å². The van der Waals surface area contributed by atoms with Gasteiger partial charge in [-0.2, -0.15) is 0 Å². The molecule has 1 nitrogen and oxygen atoms in total. The maximum Gasteiger partial charge on any atom is 0.0541 e. The molecule has 234 valence electrons. The van der Waals surface area contributed by atoms with E-state index in [4.69, 9.17) is 0 Å². The molecule has 0 fully saturated rings. The Hall–Kier alpha value is -6.44. The minimum absolute atomic E-state index is 0.251. The molecule has 0 saturated carbocycles. The van der Waals surface area contributed by atoms with Crippen molar-refractivity contribution in [3.05, 3.63) is 211 Å². The fourth-order valence-corrected chi connectivity index (χ4v) is 8.11. The van der Waals surface area contributed by atoms with Crippen LogP contribution in [-0.2, 0) is 0 Å². The van der Waals surface area contributed by atoms with Crippen LogP contribution in [0.2, 0.25) is 0 Å². The van der Waals surface area contributed by atoms with Gasteiger partial charge in [0.15, 0.2) is 0 Å². The van der Waals surface area contributed by atoms with Crippen LogP contribution in [-0.4, -0.2) is 4.57 Å². The highest BCUT2D eigenvalue weighted by atomic mass is 15.0. The van der Waals surface area contributed by atoms with Crippen molar-refractivity contribution < 1.29 is 0 Å². The number of rotatable bonds is 5. The van der Waals surface area contributed by atoms with Gasteiger partial charge in [0.1, 0.15) is 0 Å². The quantitative estimate of drug-likeness (QED) is 0.177. The molecule has 8 aromatic carbocycles. The SMILES string of the molecule is c1ccc(-c2ccc(-n3c4ccc(-c5ccccc5)cc4c4cc(-c5ccc6c(c5)-c5ccccc5C6c5ccccc5)ccc43)cc2)cc1. The monoisotopic (exact) mass is 635 g/mol. The smallest absolute Gasteiger partial charge is 0.0541 e. The number of fused-ring (bicyclic) bond motifs is 6. The molecule has 50 heavy (non-hydrogen) atoms. The van der Waals surface area contributed by atoms with Gasteiger partial charge in [-0.15, -0.1) is 0 Å². The van der Waals surface area contributed by atoms with Crippen molar-refractivity contribution in [2.24, 2.45) is 0 Å². The fourth-order valence-electron chi connectivity index (χ4n) is 8.11. The van der Waals surface area contributed by atoms with Gasteiger partial charge in [0.05, 0.1) is 11.0 Å². The van der Waals surface area contributed by atoms with Gasteiger partial charge in [-0.05, 0) is 104 Å². The zero-order chi connectivity index (χ0) is 33.0. The highest BCUT2D eigenvalue weighted by Crippen LogP contribution is 2.49. The maximum atomic E-state index is 2.42. The predicted molar refractivity (Wildman–Crippen MR) is 210 cm³/mol. The normalized spacial score (nSPS) is 13.4. The summed E-state index contributed by atoms with van der Waals surface area (Å²) >= 11 is 0. The first-order valence-electron chi connectivity index (χ1n) is 17.4. The lowest BCUT2D eigenvalue weighted by molar-refractivity contribution is 1.02. The number of benzene rings is 8. The minimum atomic E-state index is 0.251. The van der Waals surface area contributed by atoms with Crippen molar-refractivity contribution in [2.45, 2.75) is 5.92 Å². The molecule has 0 N–H and O–H groups in total. The average molecular weight is 636 g/mol. The van der Waals surface area contributed by atoms with E-state index in [0.717, 1.165) is 5.69 Å². The van der Waals surface area contributed by atoms with Gasteiger partial charge in [-0.25, -0.2) is 0 Å². The molecule has 1 heteroatoms. The van der Waals surface area contributed by atoms with Gasteiger partial charge in [0, 0.05) is 22.4 Å². The van der Waals surface area contributed by atoms with Crippen LogP contribution in [0.5, 0.6) is 0 Å². The Balaban J connectivity index is 1.14. The Kier molecular flexibility index (Phi) is 6.63. The maximum absolute atomic E-state index is 2.42. The van der Waals surface area contributed by atoms with Gasteiger partial charge in [-0.3, -0.25) is 0 Å². The van der Waals surface area contributed by atoms with E-state index in [9.17, 15) is 0 Å². The molecule has 9 aromatic rings. The second kappa shape index (κ2) is 11.6. The van der Waals surface area contributed by atoms with E-state index in [-0.39, 0.29) is 5.92 Å². The first kappa shape index (κ1) is 28.6. The highest BCUT2D eigenvalue weighted by molar-refractivity contribution is 6.11. The van der Waals surface area contributed by atoms with Crippen molar-refractivity contribution in [3.8, 4) is 50.2 Å². The third kappa shape index (κ3) is 4.63. The first-order chi connectivity index (χ1) is 24.8. The second-order valence-electron chi connectivity index (χ2n) is 13.3. The van der Waals surface area contributed by atoms with E-state index >= 15 is 0 Å². The van der Waals surface area contributed by atoms with Crippen LogP contribution < -0.4 is 0 Å². The summed E-state index contributed by atoms with van der Waals surface area (Å²) in [6, 6.07) is 71.1. The van der Waals surface area contributed by atoms with Crippen LogP contribution in [0.4, 0.5) is 0 Å². The van der Waals surface area contributed by atoms with Crippen LogP contribution in [0.25, 0.3) is 72.0 Å². The summed E-state index contributed by atoms with van der Waals surface area (Å²) in [5, 5.41) is 2.51. The molecule has 1 atom stereocenters. The van der Waals surface area contributed by atoms with Crippen molar-refractivity contribution in [1.29, 1.82) is 0 Å². The molecule has 0 bridgehead atoms. The molecule has 0 radical (unpaired) electrons. The number of hydrogen-bond acceptors (Lipinski definition) is 0. The van der Waals surface area contributed by atoms with E-state index in [1.807, 2.05) is 0 Å². The Bertz CT molecular complexity index is 2670. The zero-order valence-corrected chi connectivity index (χ0v) is 27.5. The summed E-state index contributed by atoms with van der Waals surface area (Å²) in [5.41, 5.74) is 17.7. The Labute approximate surface area is 292 Å². The van der Waals surface area contributed by atoms with Crippen molar-refractivity contribution >= 4 is 21.8 Å². The lowest BCUT2D eigenvalue weighted by Gasteiger charge is -2.14. The highest BCUT2D eigenvalue weighted by Gasteiger charge is 2.30. The summed E-state index contributed by atoms with van der Waals surface area (Å²) in [7, 11) is 0. The summed E-state index contributed by atoms with van der Waals surface area (Å²) < 4.78 is 2.42. The van der Waals surface area contributed by atoms with E-state index in [0.29, 0.717) is 0 Å². The first-order valence-corrected chi connectivity index (χ1v) is 17.4. The molecule has 10 rings (SSSR count). The summed E-state index contributed by atoms with van der Waals surface area (Å²) in [4.78, 5) is 0. The van der Waals surface area contributed by atoms with Crippen LogP contribution in [0, 0.1) is 0 Å². The third-order valence-electron chi connectivity index (χ3n) is 10.5. The van der Waals surface area contributed by atoms with E-state index < -0.39 is 0 Å². The molecular formula is C49H33N. The van der Waals surface area contributed by atoms with Gasteiger partial charge in [-0.1, -0.05) is 152 Å². The van der Waals surface area contributed by atoms with Gasteiger partial charge >= 0.3 is 0 Å². The molecule has 0 amide bonds. The zero-order valence-electron chi connectivity index (χ0n) is 27.5. The molecule has 0 aliphatic heterocycles. The standard InChI is InChI=1S/C49H33N/c1-4-12-33(13-5-1)35-20-25-40(26-21-35)50-47-28-23-37(34-14-6-2-7-15-34)31-45(47)46-32-39(24-29-48(46)50)38-22-27-43-44(30-38)41-18-10-11-19-42(41)49(43)36-16-8-3-9-17-36/h1-32,49H. The average Bonchev–Trinajstić information content (AvgIpc) is 3.71. The third-order valence-corrected chi connectivity index (χ3v) is 10.5. The number of nitrogens with zero attached hydrogens (tertiary/aromatic N) is 1. The van der Waals surface area contributed by atoms with Crippen LogP contribution >= 0.6 is 0 Å². The molecule has 1 aliphatic rings. The fraction of sp³-hybridized carbons (Fsp3) is 0.0204. The Morgan fingerprint density at radius 2 is 0.780 bits per heavy atom. The molecule has 0 saturated heterocycles. The minimum Gasteiger partial charge on any atom is -0.309 e. The molecule has 1 aliphatic carbocycles. The van der Waals surface area contributed by atoms with Crippen molar-refractivity contribution in [1.82, 2.24) is 4.57 Å². The van der Waals surface area contributed by atoms with Gasteiger partial charge in [0.25, 0.3) is 0 Å². The lowest BCUT2D eigenvalue weighted by atomic mass is 9.89. The van der Waals surface area contributed by atoms with Crippen LogP contribution in [0.15, 0.2) is 194 Å². The van der Waals surface area contributed by atoms with E-state index in [2.05, 4.69) is 199 Å².